The van der Waals surface area contributed by atoms with Gasteiger partial charge in [-0.25, -0.2) is 9.98 Å². The average molecular weight is 399 g/mol. The summed E-state index contributed by atoms with van der Waals surface area (Å²) in [4.78, 5) is 8.79. The highest BCUT2D eigenvalue weighted by Gasteiger charge is 2.16. The molecule has 1 aliphatic rings. The molecule has 1 saturated carbocycles. The third kappa shape index (κ3) is 6.27. The number of aromatic nitrogens is 1. The molecule has 7 heteroatoms. The molecule has 7 nitrogen and oxygen atoms in total. The predicted molar refractivity (Wildman–Crippen MR) is 115 cm³/mol. The molecule has 3 rings (SSSR count). The molecule has 2 aromatic rings. The maximum absolute atomic E-state index is 6.08. The zero-order valence-corrected chi connectivity index (χ0v) is 17.2. The fourth-order valence-corrected chi connectivity index (χ4v) is 3.25. The van der Waals surface area contributed by atoms with E-state index in [0.717, 1.165) is 29.8 Å². The van der Waals surface area contributed by atoms with Gasteiger partial charge in [-0.05, 0) is 57.2 Å². The number of pyridine rings is 1. The minimum absolute atomic E-state index is 0.297. The van der Waals surface area contributed by atoms with Crippen molar-refractivity contribution in [1.29, 1.82) is 0 Å². The second kappa shape index (κ2) is 10.5. The zero-order valence-electron chi connectivity index (χ0n) is 17.2. The van der Waals surface area contributed by atoms with Crippen molar-refractivity contribution < 1.29 is 14.2 Å². The van der Waals surface area contributed by atoms with E-state index >= 15 is 0 Å². The summed E-state index contributed by atoms with van der Waals surface area (Å²) in [6.07, 6.45) is 6.79. The molecule has 0 unspecified atom stereocenters. The van der Waals surface area contributed by atoms with Crippen molar-refractivity contribution in [3.05, 3.63) is 42.1 Å². The van der Waals surface area contributed by atoms with Crippen LogP contribution in [0.15, 0.2) is 41.5 Å². The van der Waals surface area contributed by atoms with Crippen molar-refractivity contribution in [1.82, 2.24) is 4.98 Å². The number of hydrogen-bond donors (Lipinski definition) is 2. The van der Waals surface area contributed by atoms with E-state index in [1.54, 1.807) is 6.20 Å². The molecule has 1 fully saturated rings. The highest BCUT2D eigenvalue weighted by molar-refractivity contribution is 5.94. The van der Waals surface area contributed by atoms with Gasteiger partial charge in [-0.2, -0.15) is 0 Å². The maximum Gasteiger partial charge on any atom is 0.213 e. The van der Waals surface area contributed by atoms with Gasteiger partial charge in [-0.3, -0.25) is 0 Å². The highest BCUT2D eigenvalue weighted by Crippen LogP contribution is 2.29. The molecule has 0 aliphatic heterocycles. The molecule has 156 valence electrons. The van der Waals surface area contributed by atoms with Gasteiger partial charge in [-0.1, -0.05) is 6.07 Å². The lowest BCUT2D eigenvalue weighted by atomic mass is 10.2. The number of benzene rings is 1. The Morgan fingerprint density at radius 3 is 2.62 bits per heavy atom. The number of ether oxygens (including phenoxy) is 3. The first-order valence-electron chi connectivity index (χ1n) is 10.3. The molecule has 3 N–H and O–H groups in total. The van der Waals surface area contributed by atoms with Crippen LogP contribution in [0.1, 0.15) is 45.1 Å². The second-order valence-corrected chi connectivity index (χ2v) is 6.88. The molecule has 1 heterocycles. The van der Waals surface area contributed by atoms with Crippen LogP contribution in [-0.2, 0) is 6.54 Å². The number of nitrogens with two attached hydrogens (primary N) is 1. The van der Waals surface area contributed by atoms with E-state index in [9.17, 15) is 0 Å². The summed E-state index contributed by atoms with van der Waals surface area (Å²) < 4.78 is 17.1. The van der Waals surface area contributed by atoms with E-state index in [2.05, 4.69) is 15.3 Å². The van der Waals surface area contributed by atoms with Crippen LogP contribution in [0.4, 0.5) is 5.69 Å². The highest BCUT2D eigenvalue weighted by atomic mass is 16.5. The van der Waals surface area contributed by atoms with Crippen LogP contribution in [0.5, 0.6) is 17.4 Å². The minimum atomic E-state index is 0.297. The standard InChI is InChI=1S/C22H30N4O3/c1-3-27-18-10-11-20(28-4-2)19(13-18)26-22(23)25-15-16-9-12-21(24-14-16)29-17-7-5-6-8-17/h9-14,17H,3-8,15H2,1-2H3,(H3,23,25,26). The summed E-state index contributed by atoms with van der Waals surface area (Å²) in [6, 6.07) is 9.44. The molecular weight excluding hydrogens is 368 g/mol. The molecule has 1 aromatic carbocycles. The minimum Gasteiger partial charge on any atom is -0.494 e. The van der Waals surface area contributed by atoms with Gasteiger partial charge in [0.2, 0.25) is 5.88 Å². The van der Waals surface area contributed by atoms with Gasteiger partial charge in [0.25, 0.3) is 0 Å². The Hall–Kier alpha value is -2.96. The molecular formula is C22H30N4O3. The number of aliphatic imine (C=N–C) groups is 1. The summed E-state index contributed by atoms with van der Waals surface area (Å²) in [5.41, 5.74) is 7.76. The first-order chi connectivity index (χ1) is 14.2. The Balaban J connectivity index is 1.60. The van der Waals surface area contributed by atoms with E-state index in [4.69, 9.17) is 19.9 Å². The molecule has 0 atom stereocenters. The number of guanidine groups is 1. The van der Waals surface area contributed by atoms with Gasteiger partial charge in [0.1, 0.15) is 17.6 Å². The topological polar surface area (TPSA) is 91.0 Å². The summed E-state index contributed by atoms with van der Waals surface area (Å²) in [5, 5.41) is 3.10. The molecule has 1 aromatic heterocycles. The van der Waals surface area contributed by atoms with Crippen molar-refractivity contribution in [3.8, 4) is 17.4 Å². The van der Waals surface area contributed by atoms with E-state index in [1.807, 2.05) is 44.2 Å². The fourth-order valence-electron chi connectivity index (χ4n) is 3.25. The van der Waals surface area contributed by atoms with Crippen LogP contribution < -0.4 is 25.3 Å². The van der Waals surface area contributed by atoms with Crippen molar-refractivity contribution in [3.63, 3.8) is 0 Å². The molecule has 29 heavy (non-hydrogen) atoms. The second-order valence-electron chi connectivity index (χ2n) is 6.88. The number of rotatable bonds is 9. The van der Waals surface area contributed by atoms with Gasteiger partial charge in [0.15, 0.2) is 5.96 Å². The Labute approximate surface area is 172 Å². The Bertz CT molecular complexity index is 802. The van der Waals surface area contributed by atoms with Gasteiger partial charge in [0, 0.05) is 18.3 Å². The smallest absolute Gasteiger partial charge is 0.213 e. The SMILES string of the molecule is CCOc1ccc(OCC)c(NC(N)=NCc2ccc(OC3CCCC3)nc2)c1. The van der Waals surface area contributed by atoms with E-state index in [0.29, 0.717) is 43.5 Å². The van der Waals surface area contributed by atoms with Gasteiger partial charge < -0.3 is 25.3 Å². The van der Waals surface area contributed by atoms with Crippen LogP contribution >= 0.6 is 0 Å². The van der Waals surface area contributed by atoms with Crippen molar-refractivity contribution >= 4 is 11.6 Å². The quantitative estimate of drug-likeness (QED) is 0.488. The van der Waals surface area contributed by atoms with Crippen LogP contribution in [0, 0.1) is 0 Å². The van der Waals surface area contributed by atoms with Crippen molar-refractivity contribution in [2.75, 3.05) is 18.5 Å². The van der Waals surface area contributed by atoms with Crippen LogP contribution in [-0.4, -0.2) is 30.3 Å². The van der Waals surface area contributed by atoms with Crippen molar-refractivity contribution in [2.45, 2.75) is 52.2 Å². The maximum atomic E-state index is 6.08. The van der Waals surface area contributed by atoms with E-state index < -0.39 is 0 Å². The van der Waals surface area contributed by atoms with Crippen molar-refractivity contribution in [2.24, 2.45) is 10.7 Å². The number of anilines is 1. The first kappa shape index (κ1) is 20.8. The lowest BCUT2D eigenvalue weighted by Crippen LogP contribution is -2.23. The van der Waals surface area contributed by atoms with Crippen LogP contribution in [0.3, 0.4) is 0 Å². The molecule has 0 saturated heterocycles. The summed E-state index contributed by atoms with van der Waals surface area (Å²) in [5.74, 6) is 2.41. The zero-order chi connectivity index (χ0) is 20.5. The molecule has 0 radical (unpaired) electrons. The Morgan fingerprint density at radius 2 is 1.93 bits per heavy atom. The normalized spacial score (nSPS) is 14.6. The largest absolute Gasteiger partial charge is 0.494 e. The predicted octanol–water partition coefficient (Wildman–Crippen LogP) is 4.13. The number of nitrogens with one attached hydrogen (secondary N) is 1. The lowest BCUT2D eigenvalue weighted by molar-refractivity contribution is 0.201. The third-order valence-electron chi connectivity index (χ3n) is 4.64. The molecule has 0 spiro atoms. The van der Waals surface area contributed by atoms with Gasteiger partial charge in [0.05, 0.1) is 25.4 Å². The summed E-state index contributed by atoms with van der Waals surface area (Å²) in [6.45, 7) is 5.44. The number of nitrogens with zero attached hydrogens (tertiary/aromatic N) is 2. The summed E-state index contributed by atoms with van der Waals surface area (Å²) >= 11 is 0. The summed E-state index contributed by atoms with van der Waals surface area (Å²) in [7, 11) is 0. The van der Waals surface area contributed by atoms with E-state index in [-0.39, 0.29) is 0 Å². The van der Waals surface area contributed by atoms with E-state index in [1.165, 1.54) is 12.8 Å². The third-order valence-corrected chi connectivity index (χ3v) is 4.64. The molecule has 0 bridgehead atoms. The van der Waals surface area contributed by atoms with Crippen LogP contribution in [0.2, 0.25) is 0 Å². The monoisotopic (exact) mass is 398 g/mol. The molecule has 1 aliphatic carbocycles. The lowest BCUT2D eigenvalue weighted by Gasteiger charge is -2.14. The fraction of sp³-hybridized carbons (Fsp3) is 0.455. The van der Waals surface area contributed by atoms with Crippen LogP contribution in [0.25, 0.3) is 0 Å². The first-order valence-corrected chi connectivity index (χ1v) is 10.3. The Morgan fingerprint density at radius 1 is 1.14 bits per heavy atom. The molecule has 0 amide bonds. The number of hydrogen-bond acceptors (Lipinski definition) is 5. The average Bonchev–Trinajstić information content (AvgIpc) is 3.23. The van der Waals surface area contributed by atoms with Gasteiger partial charge >= 0.3 is 0 Å². The van der Waals surface area contributed by atoms with Gasteiger partial charge in [-0.15, -0.1) is 0 Å². The Kier molecular flexibility index (Phi) is 7.55.